The van der Waals surface area contributed by atoms with Gasteiger partial charge in [-0.2, -0.15) is 0 Å². The van der Waals surface area contributed by atoms with Crippen LogP contribution in [0.1, 0.15) is 73.4 Å². The number of esters is 1. The Labute approximate surface area is 260 Å². The van der Waals surface area contributed by atoms with Gasteiger partial charge in [0.05, 0.1) is 0 Å². The fraction of sp³-hybridized carbons (Fsp3) is 0.500. The van der Waals surface area contributed by atoms with E-state index < -0.39 is 58.6 Å². The molecule has 0 bridgehead atoms. The summed E-state index contributed by atoms with van der Waals surface area (Å²) in [7, 11) is 0. The molecular formula is C30H40Br2INO6. The first-order chi connectivity index (χ1) is 18.2. The van der Waals surface area contributed by atoms with Crippen LogP contribution in [-0.2, 0) is 25.4 Å². The van der Waals surface area contributed by atoms with Gasteiger partial charge in [0, 0.05) is 0 Å². The number of halogens is 3. The van der Waals surface area contributed by atoms with Crippen LogP contribution in [0.25, 0.3) is 0 Å². The predicted molar refractivity (Wildman–Crippen MR) is 173 cm³/mol. The zero-order valence-corrected chi connectivity index (χ0v) is 30.2. The Morgan fingerprint density at radius 3 is 1.73 bits per heavy atom. The van der Waals surface area contributed by atoms with Crippen LogP contribution < -0.4 is 0 Å². The van der Waals surface area contributed by atoms with Crippen molar-refractivity contribution in [3.05, 3.63) is 65.2 Å². The van der Waals surface area contributed by atoms with Gasteiger partial charge in [-0.25, -0.2) is 0 Å². The van der Waals surface area contributed by atoms with Crippen molar-refractivity contribution >= 4 is 64.4 Å². The Morgan fingerprint density at radius 1 is 0.800 bits per heavy atom. The topological polar surface area (TPSA) is 82.1 Å². The molecule has 0 N–H and O–H groups in total. The minimum atomic E-state index is -2.13. The van der Waals surface area contributed by atoms with Gasteiger partial charge in [0.15, 0.2) is 0 Å². The molecule has 2 rings (SSSR count). The number of hydrogen-bond acceptors (Lipinski definition) is 6. The Morgan fingerprint density at radius 2 is 1.27 bits per heavy atom. The summed E-state index contributed by atoms with van der Waals surface area (Å²) in [6, 6.07) is 12.8. The van der Waals surface area contributed by atoms with E-state index in [1.807, 2.05) is 25.1 Å². The summed E-state index contributed by atoms with van der Waals surface area (Å²) in [5.74, 6) is -0.733. The second-order valence-corrected chi connectivity index (χ2v) is 21.1. The summed E-state index contributed by atoms with van der Waals surface area (Å²) in [6.07, 6.45) is -1.95. The van der Waals surface area contributed by atoms with Crippen molar-refractivity contribution in [1.29, 1.82) is 0 Å². The summed E-state index contributed by atoms with van der Waals surface area (Å²) in [6.45, 7) is 17.4. The van der Waals surface area contributed by atoms with Crippen LogP contribution in [0.5, 0.6) is 0 Å². The average molecular weight is 797 g/mol. The van der Waals surface area contributed by atoms with Crippen LogP contribution in [0.2, 0.25) is 0 Å². The van der Waals surface area contributed by atoms with Crippen molar-refractivity contribution in [3.63, 3.8) is 0 Å². The number of carbonyl (C=O) groups is 3. The molecular weight excluding hydrogens is 757 g/mol. The van der Waals surface area contributed by atoms with Gasteiger partial charge in [0.25, 0.3) is 0 Å². The molecule has 0 heterocycles. The van der Waals surface area contributed by atoms with E-state index in [9.17, 15) is 14.4 Å². The first-order valence-electron chi connectivity index (χ1n) is 12.9. The molecule has 0 aromatic heterocycles. The van der Waals surface area contributed by atoms with Crippen molar-refractivity contribution in [2.75, 3.05) is 0 Å². The molecule has 0 radical (unpaired) electrons. The van der Waals surface area contributed by atoms with Crippen LogP contribution in [0, 0.1) is 14.1 Å². The van der Waals surface area contributed by atoms with Crippen LogP contribution in [0.3, 0.4) is 0 Å². The molecule has 10 heteroatoms. The summed E-state index contributed by atoms with van der Waals surface area (Å²) < 4.78 is 20.0. The van der Waals surface area contributed by atoms with Gasteiger partial charge in [-0.1, -0.05) is 0 Å². The van der Waals surface area contributed by atoms with Crippen LogP contribution >= 0.6 is 46.2 Å². The molecule has 222 valence electrons. The van der Waals surface area contributed by atoms with Gasteiger partial charge in [0.2, 0.25) is 0 Å². The first kappa shape index (κ1) is 34.5. The normalized spacial score (nSPS) is 13.2. The number of hydrogen-bond donors (Lipinski definition) is 0. The van der Waals surface area contributed by atoms with Gasteiger partial charge in [-0.3, -0.25) is 0 Å². The summed E-state index contributed by atoms with van der Waals surface area (Å²) in [4.78, 5) is 41.5. The number of ether oxygens (including phenoxy) is 3. The van der Waals surface area contributed by atoms with E-state index in [-0.39, 0.29) is 6.42 Å². The van der Waals surface area contributed by atoms with E-state index in [0.717, 1.165) is 24.1 Å². The molecule has 1 atom stereocenters. The number of carbonyl (C=O) groups excluding carboxylic acids is 3. The van der Waals surface area contributed by atoms with E-state index in [2.05, 4.69) is 52.9 Å². The predicted octanol–water partition coefficient (Wildman–Crippen LogP) is 9.04. The molecule has 0 saturated heterocycles. The van der Waals surface area contributed by atoms with Crippen LogP contribution in [0.4, 0.5) is 9.59 Å². The second kappa shape index (κ2) is 13.5. The molecule has 0 aliphatic carbocycles. The Bertz CT molecular complexity index is 1180. The Balaban J connectivity index is 2.68. The average Bonchev–Trinajstić information content (AvgIpc) is 2.76. The zero-order valence-electron chi connectivity index (χ0n) is 24.9. The van der Waals surface area contributed by atoms with E-state index in [0.29, 0.717) is 0 Å². The third kappa shape index (κ3) is 11.0. The third-order valence-corrected chi connectivity index (χ3v) is 13.8. The van der Waals surface area contributed by atoms with Crippen molar-refractivity contribution in [2.45, 2.75) is 98.5 Å². The van der Waals surface area contributed by atoms with Gasteiger partial charge in [-0.15, -0.1) is 0 Å². The van der Waals surface area contributed by atoms with E-state index >= 15 is 0 Å². The third-order valence-electron chi connectivity index (χ3n) is 4.98. The number of rotatable bonds is 6. The summed E-state index contributed by atoms with van der Waals surface area (Å²) >= 11 is 5.43. The fourth-order valence-corrected chi connectivity index (χ4v) is 10.7. The van der Waals surface area contributed by atoms with Gasteiger partial charge in [-0.05, 0) is 0 Å². The maximum absolute atomic E-state index is 13.7. The van der Waals surface area contributed by atoms with Gasteiger partial charge >= 0.3 is 262 Å². The molecule has 7 nitrogen and oxygen atoms in total. The Hall–Kier alpha value is -1.66. The first-order valence-corrected chi connectivity index (χ1v) is 20.6. The number of nitrogens with zero attached hydrogens (tertiary/aromatic N) is 1. The molecule has 2 amide bonds. The van der Waals surface area contributed by atoms with E-state index in [1.54, 1.807) is 62.3 Å². The van der Waals surface area contributed by atoms with Gasteiger partial charge in [0.1, 0.15) is 0 Å². The second-order valence-electron chi connectivity index (χ2n) is 12.4. The number of imide groups is 1. The molecule has 0 saturated carbocycles. The molecule has 0 aliphatic heterocycles. The maximum atomic E-state index is 13.7. The van der Waals surface area contributed by atoms with Crippen molar-refractivity contribution in [2.24, 2.45) is 0 Å². The quantitative estimate of drug-likeness (QED) is 0.165. The monoisotopic (exact) mass is 795 g/mol. The van der Waals surface area contributed by atoms with Gasteiger partial charge < -0.3 is 0 Å². The van der Waals surface area contributed by atoms with Crippen molar-refractivity contribution in [3.8, 4) is 0 Å². The molecule has 2 aromatic rings. The standard InChI is InChI=1S/C30H40Br2INO6/c1-19-11-15-22(16-12-19)33(32)23-18-21(31)14-13-20(23)17-24(25(35)38-28(2,3)4)34(26(36)39-29(5,6)7)27(37)40-30(8,9)10/h11-16,18,24H,17H2,1-10H3. The molecule has 40 heavy (non-hydrogen) atoms. The fourth-order valence-electron chi connectivity index (χ4n) is 3.41. The molecule has 0 spiro atoms. The van der Waals surface area contributed by atoms with E-state index in [4.69, 9.17) is 14.2 Å². The van der Waals surface area contributed by atoms with Crippen molar-refractivity contribution in [1.82, 2.24) is 4.90 Å². The molecule has 0 aliphatic rings. The van der Waals surface area contributed by atoms with Crippen LogP contribution in [-0.4, -0.2) is 45.9 Å². The summed E-state index contributed by atoms with van der Waals surface area (Å²) in [5, 5.41) is 0. The van der Waals surface area contributed by atoms with Crippen LogP contribution in [0.15, 0.2) is 46.9 Å². The minimum absolute atomic E-state index is 0.0153. The van der Waals surface area contributed by atoms with Crippen molar-refractivity contribution < 1.29 is 28.6 Å². The Kier molecular flexibility index (Phi) is 11.7. The number of aryl methyl sites for hydroxylation is 1. The summed E-state index contributed by atoms with van der Waals surface area (Å²) in [5.41, 5.74) is -0.734. The molecule has 0 fully saturated rings. The number of amides is 2. The molecule has 2 aromatic carbocycles. The zero-order chi connectivity index (χ0) is 30.6. The SMILES string of the molecule is Cc1ccc(I(Br)c2cc(Br)ccc2CC(C(=O)OC(C)(C)C)N(C(=O)OC(C)(C)C)C(=O)OC(C)(C)C)cc1. The van der Waals surface area contributed by atoms with E-state index in [1.165, 1.54) is 3.57 Å². The molecule has 1 unspecified atom stereocenters. The number of benzene rings is 2.